The maximum atomic E-state index is 11.7. The summed E-state index contributed by atoms with van der Waals surface area (Å²) in [6, 6.07) is 7.39. The van der Waals surface area contributed by atoms with Crippen LogP contribution < -0.4 is 5.32 Å². The monoisotopic (exact) mass is 234 g/mol. The summed E-state index contributed by atoms with van der Waals surface area (Å²) in [6.07, 6.45) is 0.0510. The van der Waals surface area contributed by atoms with Crippen LogP contribution in [-0.2, 0) is 16.1 Å². The molecular formula is C12H14N2O3. The number of amides is 2. The number of carbonyl (C=O) groups excluding carboxylic acids is 2. The largest absolute Gasteiger partial charge is 0.396 e. The van der Waals surface area contributed by atoms with Crippen LogP contribution in [0.5, 0.6) is 0 Å². The maximum absolute atomic E-state index is 11.7. The quantitative estimate of drug-likeness (QED) is 0.775. The zero-order valence-electron chi connectivity index (χ0n) is 9.35. The number of aliphatic hydroxyl groups excluding tert-OH is 1. The molecule has 0 unspecified atom stereocenters. The van der Waals surface area contributed by atoms with E-state index in [1.54, 1.807) is 0 Å². The SMILES string of the molecule is O=C1CN(C(=O)CCO)Cc2ccccc2N1. The molecule has 1 aromatic carbocycles. The molecule has 2 amide bonds. The second kappa shape index (κ2) is 4.97. The third-order valence-electron chi connectivity index (χ3n) is 2.67. The van der Waals surface area contributed by atoms with Crippen LogP contribution in [0, 0.1) is 0 Å². The Bertz CT molecular complexity index is 445. The van der Waals surface area contributed by atoms with Gasteiger partial charge in [0, 0.05) is 18.7 Å². The molecule has 0 fully saturated rings. The van der Waals surface area contributed by atoms with E-state index in [2.05, 4.69) is 5.32 Å². The molecule has 2 rings (SSSR count). The highest BCUT2D eigenvalue weighted by molar-refractivity contribution is 5.96. The highest BCUT2D eigenvalue weighted by Crippen LogP contribution is 2.20. The molecule has 0 bridgehead atoms. The number of benzene rings is 1. The van der Waals surface area contributed by atoms with E-state index in [1.807, 2.05) is 24.3 Å². The molecule has 0 aromatic heterocycles. The van der Waals surface area contributed by atoms with E-state index in [0.29, 0.717) is 6.54 Å². The van der Waals surface area contributed by atoms with Crippen molar-refractivity contribution in [1.29, 1.82) is 0 Å². The standard InChI is InChI=1S/C12H14N2O3/c15-6-5-12(17)14-7-9-3-1-2-4-10(9)13-11(16)8-14/h1-4,15H,5-8H2,(H,13,16). The molecule has 0 aliphatic carbocycles. The number of nitrogens with zero attached hydrogens (tertiary/aromatic N) is 1. The van der Waals surface area contributed by atoms with Gasteiger partial charge in [0.25, 0.3) is 0 Å². The molecule has 1 aliphatic rings. The van der Waals surface area contributed by atoms with E-state index in [1.165, 1.54) is 4.90 Å². The van der Waals surface area contributed by atoms with Gasteiger partial charge in [0.15, 0.2) is 0 Å². The summed E-state index contributed by atoms with van der Waals surface area (Å²) in [5.74, 6) is -0.416. The summed E-state index contributed by atoms with van der Waals surface area (Å²) in [5.41, 5.74) is 1.65. The Morgan fingerprint density at radius 3 is 2.88 bits per heavy atom. The number of hydrogen-bond acceptors (Lipinski definition) is 3. The Hall–Kier alpha value is -1.88. The Kier molecular flexibility index (Phi) is 3.39. The number of nitrogens with one attached hydrogen (secondary N) is 1. The van der Waals surface area contributed by atoms with Crippen molar-refractivity contribution in [3.8, 4) is 0 Å². The predicted octanol–water partition coefficient (Wildman–Crippen LogP) is 0.350. The van der Waals surface area contributed by atoms with E-state index in [0.717, 1.165) is 11.3 Å². The van der Waals surface area contributed by atoms with Crippen LogP contribution in [-0.4, -0.2) is 35.0 Å². The lowest BCUT2D eigenvalue weighted by atomic mass is 10.1. The van der Waals surface area contributed by atoms with Crippen LogP contribution in [0.15, 0.2) is 24.3 Å². The van der Waals surface area contributed by atoms with E-state index in [-0.39, 0.29) is 31.4 Å². The summed E-state index contributed by atoms with van der Waals surface area (Å²) in [7, 11) is 0. The number of para-hydroxylation sites is 1. The van der Waals surface area contributed by atoms with Crippen molar-refractivity contribution in [2.24, 2.45) is 0 Å². The van der Waals surface area contributed by atoms with Crippen molar-refractivity contribution in [1.82, 2.24) is 4.90 Å². The fraction of sp³-hybridized carbons (Fsp3) is 0.333. The first-order valence-corrected chi connectivity index (χ1v) is 5.47. The van der Waals surface area contributed by atoms with Crippen molar-refractivity contribution in [2.75, 3.05) is 18.5 Å². The number of anilines is 1. The minimum atomic E-state index is -0.209. The molecule has 0 spiro atoms. The van der Waals surface area contributed by atoms with E-state index in [9.17, 15) is 9.59 Å². The summed E-state index contributed by atoms with van der Waals surface area (Å²) < 4.78 is 0. The highest BCUT2D eigenvalue weighted by Gasteiger charge is 2.22. The number of carbonyl (C=O) groups is 2. The van der Waals surface area contributed by atoms with Crippen LogP contribution in [0.2, 0.25) is 0 Å². The van der Waals surface area contributed by atoms with E-state index >= 15 is 0 Å². The number of fused-ring (bicyclic) bond motifs is 1. The van der Waals surface area contributed by atoms with Gasteiger partial charge in [-0.2, -0.15) is 0 Å². The predicted molar refractivity (Wildman–Crippen MR) is 62.2 cm³/mol. The fourth-order valence-electron chi connectivity index (χ4n) is 1.83. The molecule has 1 heterocycles. The topological polar surface area (TPSA) is 69.6 Å². The third kappa shape index (κ3) is 2.62. The van der Waals surface area contributed by atoms with Gasteiger partial charge in [0.1, 0.15) is 6.54 Å². The van der Waals surface area contributed by atoms with Crippen molar-refractivity contribution in [3.63, 3.8) is 0 Å². The first-order chi connectivity index (χ1) is 8.20. The molecule has 17 heavy (non-hydrogen) atoms. The van der Waals surface area contributed by atoms with Crippen LogP contribution in [0.25, 0.3) is 0 Å². The van der Waals surface area contributed by atoms with Gasteiger partial charge >= 0.3 is 0 Å². The maximum Gasteiger partial charge on any atom is 0.244 e. The molecule has 0 atom stereocenters. The molecular weight excluding hydrogens is 220 g/mol. The average Bonchev–Trinajstić information content (AvgIpc) is 2.47. The minimum absolute atomic E-state index is 0.0352. The number of hydrogen-bond donors (Lipinski definition) is 2. The molecule has 1 aliphatic heterocycles. The Labute approximate surface area is 99.0 Å². The van der Waals surface area contributed by atoms with Gasteiger partial charge in [-0.3, -0.25) is 9.59 Å². The third-order valence-corrected chi connectivity index (χ3v) is 2.67. The van der Waals surface area contributed by atoms with Gasteiger partial charge in [-0.05, 0) is 11.6 Å². The second-order valence-corrected chi connectivity index (χ2v) is 3.93. The minimum Gasteiger partial charge on any atom is -0.396 e. The summed E-state index contributed by atoms with van der Waals surface area (Å²) in [6.45, 7) is 0.236. The normalized spacial score (nSPS) is 14.9. The Morgan fingerprint density at radius 2 is 2.12 bits per heavy atom. The van der Waals surface area contributed by atoms with Gasteiger partial charge in [0.2, 0.25) is 11.8 Å². The molecule has 0 saturated heterocycles. The van der Waals surface area contributed by atoms with Crippen LogP contribution in [0.4, 0.5) is 5.69 Å². The molecule has 5 nitrogen and oxygen atoms in total. The van der Waals surface area contributed by atoms with Crippen molar-refractivity contribution in [2.45, 2.75) is 13.0 Å². The van der Waals surface area contributed by atoms with Gasteiger partial charge in [-0.1, -0.05) is 18.2 Å². The first-order valence-electron chi connectivity index (χ1n) is 5.47. The van der Waals surface area contributed by atoms with Gasteiger partial charge < -0.3 is 15.3 Å². The summed E-state index contributed by atoms with van der Waals surface area (Å²) >= 11 is 0. The molecule has 0 radical (unpaired) electrons. The lowest BCUT2D eigenvalue weighted by Crippen LogP contribution is -2.35. The molecule has 5 heteroatoms. The Morgan fingerprint density at radius 1 is 1.35 bits per heavy atom. The van der Waals surface area contributed by atoms with Crippen LogP contribution in [0.1, 0.15) is 12.0 Å². The summed E-state index contributed by atoms with van der Waals surface area (Å²) in [4.78, 5) is 24.7. The van der Waals surface area contributed by atoms with Crippen molar-refractivity contribution < 1.29 is 14.7 Å². The molecule has 90 valence electrons. The number of aliphatic hydroxyl groups is 1. The molecule has 0 saturated carbocycles. The van der Waals surface area contributed by atoms with E-state index < -0.39 is 0 Å². The number of rotatable bonds is 2. The zero-order valence-corrected chi connectivity index (χ0v) is 9.35. The average molecular weight is 234 g/mol. The fourth-order valence-corrected chi connectivity index (χ4v) is 1.83. The van der Waals surface area contributed by atoms with Gasteiger partial charge in [0.05, 0.1) is 6.61 Å². The second-order valence-electron chi connectivity index (χ2n) is 3.93. The lowest BCUT2D eigenvalue weighted by Gasteiger charge is -2.18. The van der Waals surface area contributed by atoms with E-state index in [4.69, 9.17) is 5.11 Å². The van der Waals surface area contributed by atoms with Gasteiger partial charge in [-0.25, -0.2) is 0 Å². The lowest BCUT2D eigenvalue weighted by molar-refractivity contribution is -0.135. The van der Waals surface area contributed by atoms with Crippen molar-refractivity contribution in [3.05, 3.63) is 29.8 Å². The van der Waals surface area contributed by atoms with Crippen LogP contribution in [0.3, 0.4) is 0 Å². The molecule has 1 aromatic rings. The molecule has 2 N–H and O–H groups in total. The summed E-state index contributed by atoms with van der Waals surface area (Å²) in [5, 5.41) is 11.5. The van der Waals surface area contributed by atoms with Crippen molar-refractivity contribution >= 4 is 17.5 Å². The first kappa shape index (κ1) is 11.6. The van der Waals surface area contributed by atoms with Crippen LogP contribution >= 0.6 is 0 Å². The smallest absolute Gasteiger partial charge is 0.244 e. The highest BCUT2D eigenvalue weighted by atomic mass is 16.3. The van der Waals surface area contributed by atoms with Gasteiger partial charge in [-0.15, -0.1) is 0 Å². The zero-order chi connectivity index (χ0) is 12.3. The Balaban J connectivity index is 2.23.